The van der Waals surface area contributed by atoms with E-state index in [-0.39, 0.29) is 18.3 Å². The number of Topliss-reactive ketones (excluding diaryl/α,β-unsaturated/α-hetero) is 1. The molecule has 4 heteroatoms. The van der Waals surface area contributed by atoms with Crippen LogP contribution in [0.3, 0.4) is 0 Å². The first-order valence-corrected chi connectivity index (χ1v) is 8.42. The summed E-state index contributed by atoms with van der Waals surface area (Å²) < 4.78 is 5.92. The van der Waals surface area contributed by atoms with Crippen molar-refractivity contribution < 1.29 is 9.53 Å². The van der Waals surface area contributed by atoms with E-state index in [0.717, 1.165) is 16.3 Å². The molecule has 1 spiro atoms. The molecule has 5 rings (SSSR count). The highest BCUT2D eigenvalue weighted by molar-refractivity contribution is 6.07. The normalized spacial score (nSPS) is 24.5. The first-order chi connectivity index (χ1) is 12.3. The fourth-order valence-corrected chi connectivity index (χ4v) is 3.98. The van der Waals surface area contributed by atoms with Gasteiger partial charge in [-0.25, -0.2) is 0 Å². The molecule has 0 bridgehead atoms. The molecule has 4 nitrogen and oxygen atoms in total. The van der Waals surface area contributed by atoms with Crippen LogP contribution in [0, 0.1) is 0 Å². The maximum absolute atomic E-state index is 13.3. The van der Waals surface area contributed by atoms with Crippen LogP contribution in [-0.2, 0) is 0 Å². The lowest BCUT2D eigenvalue weighted by Crippen LogP contribution is -2.49. The van der Waals surface area contributed by atoms with E-state index in [2.05, 4.69) is 34.5 Å². The van der Waals surface area contributed by atoms with Crippen LogP contribution in [0.4, 0.5) is 0 Å². The van der Waals surface area contributed by atoms with Crippen LogP contribution in [0.25, 0.3) is 10.8 Å². The number of hydrogen-bond donors (Lipinski definition) is 0. The van der Waals surface area contributed by atoms with Gasteiger partial charge in [0.05, 0.1) is 12.1 Å². The van der Waals surface area contributed by atoms with Crippen LogP contribution in [-0.4, -0.2) is 24.5 Å². The highest BCUT2D eigenvalue weighted by atomic mass is 16.5. The largest absolute Gasteiger partial charge is 0.490 e. The van der Waals surface area contributed by atoms with Crippen LogP contribution >= 0.6 is 0 Å². The molecular weight excluding hydrogens is 312 g/mol. The van der Waals surface area contributed by atoms with Crippen molar-refractivity contribution in [3.8, 4) is 5.75 Å². The number of nitrogens with zero attached hydrogens (tertiary/aromatic N) is 2. The highest BCUT2D eigenvalue weighted by Crippen LogP contribution is 2.45. The Labute approximate surface area is 145 Å². The van der Waals surface area contributed by atoms with Gasteiger partial charge in [-0.1, -0.05) is 54.6 Å². The number of azo groups is 1. The highest BCUT2D eigenvalue weighted by Gasteiger charge is 2.54. The van der Waals surface area contributed by atoms with Crippen LogP contribution < -0.4 is 4.74 Å². The van der Waals surface area contributed by atoms with Gasteiger partial charge < -0.3 is 4.74 Å². The standard InChI is InChI=1S/C21H16N2O2/c24-20-17-9-3-4-11-19(17)25-13-21(20)18(12-22-23-21)16-10-5-7-14-6-1-2-8-15(14)16/h1-11,18H,12-13H2. The van der Waals surface area contributed by atoms with E-state index in [4.69, 9.17) is 4.74 Å². The summed E-state index contributed by atoms with van der Waals surface area (Å²) >= 11 is 0. The van der Waals surface area contributed by atoms with E-state index in [1.54, 1.807) is 0 Å². The van der Waals surface area contributed by atoms with Gasteiger partial charge in [0.1, 0.15) is 12.4 Å². The van der Waals surface area contributed by atoms with Crippen LogP contribution in [0.15, 0.2) is 77.0 Å². The summed E-state index contributed by atoms with van der Waals surface area (Å²) in [6, 6.07) is 21.8. The molecule has 0 aromatic heterocycles. The summed E-state index contributed by atoms with van der Waals surface area (Å²) in [4.78, 5) is 13.3. The molecule has 0 fully saturated rings. The van der Waals surface area contributed by atoms with Gasteiger partial charge in [-0.05, 0) is 28.5 Å². The topological polar surface area (TPSA) is 51.0 Å². The van der Waals surface area contributed by atoms with Gasteiger partial charge >= 0.3 is 0 Å². The number of para-hydroxylation sites is 1. The predicted molar refractivity (Wildman–Crippen MR) is 95.4 cm³/mol. The smallest absolute Gasteiger partial charge is 0.200 e. The third kappa shape index (κ3) is 1.97. The molecule has 0 saturated heterocycles. The van der Waals surface area contributed by atoms with Gasteiger partial charge in [-0.3, -0.25) is 4.79 Å². The van der Waals surface area contributed by atoms with Gasteiger partial charge in [-0.2, -0.15) is 10.2 Å². The average Bonchev–Trinajstić information content (AvgIpc) is 3.09. The Morgan fingerprint density at radius 3 is 2.72 bits per heavy atom. The van der Waals surface area contributed by atoms with Crippen molar-refractivity contribution in [3.05, 3.63) is 77.9 Å². The third-order valence-electron chi connectivity index (χ3n) is 5.26. The van der Waals surface area contributed by atoms with E-state index in [0.29, 0.717) is 17.9 Å². The molecule has 3 aromatic carbocycles. The Bertz CT molecular complexity index is 1020. The molecule has 2 heterocycles. The lowest BCUT2D eigenvalue weighted by atomic mass is 9.74. The molecule has 25 heavy (non-hydrogen) atoms. The van der Waals surface area contributed by atoms with Crippen LogP contribution in [0.5, 0.6) is 5.75 Å². The summed E-state index contributed by atoms with van der Waals surface area (Å²) in [6.07, 6.45) is 0. The molecule has 0 aliphatic carbocycles. The Balaban J connectivity index is 1.67. The number of carbonyl (C=O) groups excluding carboxylic acids is 1. The van der Waals surface area contributed by atoms with Gasteiger partial charge in [0.25, 0.3) is 0 Å². The first kappa shape index (κ1) is 14.3. The summed E-state index contributed by atoms with van der Waals surface area (Å²) in [6.45, 7) is 0.742. The molecule has 0 amide bonds. The maximum atomic E-state index is 13.3. The average molecular weight is 328 g/mol. The van der Waals surface area contributed by atoms with Crippen molar-refractivity contribution in [1.82, 2.24) is 0 Å². The Kier molecular flexibility index (Phi) is 3.01. The van der Waals surface area contributed by atoms with Crippen molar-refractivity contribution in [3.63, 3.8) is 0 Å². The lowest BCUT2D eigenvalue weighted by Gasteiger charge is -2.34. The number of ketones is 1. The molecule has 3 aromatic rings. The molecule has 0 radical (unpaired) electrons. The van der Waals surface area contributed by atoms with Crippen molar-refractivity contribution >= 4 is 16.6 Å². The lowest BCUT2D eigenvalue weighted by molar-refractivity contribution is 0.0760. The molecule has 2 aliphatic heterocycles. The number of benzene rings is 3. The summed E-state index contributed by atoms with van der Waals surface area (Å²) in [5, 5.41) is 11.0. The van der Waals surface area contributed by atoms with E-state index in [1.165, 1.54) is 0 Å². The second kappa shape index (κ2) is 5.24. The second-order valence-electron chi connectivity index (χ2n) is 6.58. The fraction of sp³-hybridized carbons (Fsp3) is 0.190. The van der Waals surface area contributed by atoms with Crippen molar-refractivity contribution in [2.75, 3.05) is 13.2 Å². The van der Waals surface area contributed by atoms with E-state index in [1.807, 2.05) is 42.5 Å². The zero-order valence-electron chi connectivity index (χ0n) is 13.6. The maximum Gasteiger partial charge on any atom is 0.200 e. The summed E-state index contributed by atoms with van der Waals surface area (Å²) in [7, 11) is 0. The first-order valence-electron chi connectivity index (χ1n) is 8.42. The van der Waals surface area contributed by atoms with E-state index < -0.39 is 5.54 Å². The fourth-order valence-electron chi connectivity index (χ4n) is 3.98. The number of carbonyl (C=O) groups is 1. The van der Waals surface area contributed by atoms with Crippen LogP contribution in [0.2, 0.25) is 0 Å². The number of hydrogen-bond acceptors (Lipinski definition) is 4. The molecule has 2 unspecified atom stereocenters. The zero-order valence-corrected chi connectivity index (χ0v) is 13.6. The SMILES string of the molecule is O=C1c2ccccc2OCC12N=NCC2c1cccc2ccccc12. The third-order valence-corrected chi connectivity index (χ3v) is 5.26. The van der Waals surface area contributed by atoms with Gasteiger partial charge in [-0.15, -0.1) is 0 Å². The molecule has 0 N–H and O–H groups in total. The van der Waals surface area contributed by atoms with Gasteiger partial charge in [0.15, 0.2) is 11.3 Å². The summed E-state index contributed by atoms with van der Waals surface area (Å²) in [5.41, 5.74) is 0.748. The molecular formula is C21H16N2O2. The summed E-state index contributed by atoms with van der Waals surface area (Å²) in [5.74, 6) is 0.532. The number of fused-ring (bicyclic) bond motifs is 2. The Morgan fingerprint density at radius 1 is 0.960 bits per heavy atom. The monoisotopic (exact) mass is 328 g/mol. The quantitative estimate of drug-likeness (QED) is 0.664. The Morgan fingerprint density at radius 2 is 1.76 bits per heavy atom. The number of ether oxygens (including phenoxy) is 1. The molecule has 2 aliphatic rings. The van der Waals surface area contributed by atoms with Gasteiger partial charge in [0.2, 0.25) is 0 Å². The molecule has 122 valence electrons. The minimum absolute atomic E-state index is 0.00790. The minimum atomic E-state index is -0.960. The van der Waals surface area contributed by atoms with E-state index >= 15 is 0 Å². The van der Waals surface area contributed by atoms with Crippen LogP contribution in [0.1, 0.15) is 21.8 Å². The van der Waals surface area contributed by atoms with E-state index in [9.17, 15) is 4.79 Å². The minimum Gasteiger partial charge on any atom is -0.490 e. The zero-order chi connectivity index (χ0) is 16.9. The number of rotatable bonds is 1. The van der Waals surface area contributed by atoms with Crippen molar-refractivity contribution in [2.24, 2.45) is 10.2 Å². The van der Waals surface area contributed by atoms with Crippen molar-refractivity contribution in [1.29, 1.82) is 0 Å². The van der Waals surface area contributed by atoms with Gasteiger partial charge in [0, 0.05) is 5.92 Å². The Hall–Kier alpha value is -3.01. The second-order valence-corrected chi connectivity index (χ2v) is 6.58. The predicted octanol–water partition coefficient (Wildman–Crippen LogP) is 4.40. The molecule has 2 atom stereocenters. The van der Waals surface area contributed by atoms with Crippen molar-refractivity contribution in [2.45, 2.75) is 11.5 Å². The molecule has 0 saturated carbocycles.